The van der Waals surface area contributed by atoms with Crippen molar-refractivity contribution in [3.8, 4) is 11.5 Å². The number of amides is 2. The number of nitro benzene ring substituents is 1. The molecule has 2 aromatic carbocycles. The Labute approximate surface area is 183 Å². The maximum atomic E-state index is 13.1. The molecule has 2 amide bonds. The largest absolute Gasteiger partial charge is 0.454 e. The highest BCUT2D eigenvalue weighted by atomic mass is 35.5. The number of hydrogen-bond donors (Lipinski definition) is 1. The van der Waals surface area contributed by atoms with Gasteiger partial charge in [0.05, 0.1) is 32.3 Å². The standard InChI is InChI=1S/C18H9Cl2N3O6S/c19-10-2-1-3-11(15(10)20)22-17(25)9(16(24)21-18(22)30)4-8-5-13-14(29-7-28-13)6-12(8)23(26)27/h1-6H,7H2,(H,21,24,30)/b9-4-. The molecular formula is C18H9Cl2N3O6S. The van der Waals surface area contributed by atoms with E-state index in [1.165, 1.54) is 18.2 Å². The molecule has 2 aliphatic rings. The van der Waals surface area contributed by atoms with Gasteiger partial charge in [0.2, 0.25) is 6.79 Å². The van der Waals surface area contributed by atoms with Crippen LogP contribution in [0.1, 0.15) is 5.56 Å². The highest BCUT2D eigenvalue weighted by molar-refractivity contribution is 7.80. The summed E-state index contributed by atoms with van der Waals surface area (Å²) < 4.78 is 10.4. The molecule has 12 heteroatoms. The molecule has 30 heavy (non-hydrogen) atoms. The third-order valence-corrected chi connectivity index (χ3v) is 5.39. The lowest BCUT2D eigenvalue weighted by Gasteiger charge is -2.29. The van der Waals surface area contributed by atoms with Gasteiger partial charge in [0, 0.05) is 0 Å². The molecule has 4 rings (SSSR count). The van der Waals surface area contributed by atoms with Gasteiger partial charge in [-0.3, -0.25) is 29.9 Å². The van der Waals surface area contributed by atoms with Crippen LogP contribution in [0, 0.1) is 10.1 Å². The second-order valence-corrected chi connectivity index (χ2v) is 7.22. The van der Waals surface area contributed by atoms with Crippen LogP contribution in [0.4, 0.5) is 11.4 Å². The van der Waals surface area contributed by atoms with Crippen LogP contribution in [0.15, 0.2) is 35.9 Å². The van der Waals surface area contributed by atoms with E-state index in [1.807, 2.05) is 0 Å². The van der Waals surface area contributed by atoms with Gasteiger partial charge in [-0.2, -0.15) is 0 Å². The fourth-order valence-corrected chi connectivity index (χ4v) is 3.57. The van der Waals surface area contributed by atoms with Crippen molar-refractivity contribution in [1.82, 2.24) is 5.32 Å². The zero-order valence-corrected chi connectivity index (χ0v) is 17.0. The number of halogens is 2. The van der Waals surface area contributed by atoms with Crippen molar-refractivity contribution in [3.05, 3.63) is 61.6 Å². The summed E-state index contributed by atoms with van der Waals surface area (Å²) in [6, 6.07) is 7.06. The van der Waals surface area contributed by atoms with Crippen LogP contribution in [0.2, 0.25) is 10.0 Å². The van der Waals surface area contributed by atoms with Crippen molar-refractivity contribution in [1.29, 1.82) is 0 Å². The highest BCUT2D eigenvalue weighted by Crippen LogP contribution is 2.39. The van der Waals surface area contributed by atoms with Crippen molar-refractivity contribution in [2.75, 3.05) is 11.7 Å². The van der Waals surface area contributed by atoms with Crippen molar-refractivity contribution < 1.29 is 24.0 Å². The maximum Gasteiger partial charge on any atom is 0.280 e. The monoisotopic (exact) mass is 465 g/mol. The molecule has 0 aliphatic carbocycles. The van der Waals surface area contributed by atoms with E-state index >= 15 is 0 Å². The van der Waals surface area contributed by atoms with Gasteiger partial charge in [-0.15, -0.1) is 0 Å². The first kappa shape index (κ1) is 20.1. The Bertz CT molecular complexity index is 1180. The quantitative estimate of drug-likeness (QED) is 0.243. The number of hydrogen-bond acceptors (Lipinski definition) is 7. The van der Waals surface area contributed by atoms with Crippen molar-refractivity contribution >= 4 is 69.8 Å². The lowest BCUT2D eigenvalue weighted by molar-refractivity contribution is -0.385. The molecule has 152 valence electrons. The molecule has 9 nitrogen and oxygen atoms in total. The number of nitrogens with zero attached hydrogens (tertiary/aromatic N) is 2. The van der Waals surface area contributed by atoms with Crippen LogP contribution >= 0.6 is 35.4 Å². The number of fused-ring (bicyclic) bond motifs is 1. The summed E-state index contributed by atoms with van der Waals surface area (Å²) in [5.41, 5.74) is -0.618. The number of nitro groups is 1. The van der Waals surface area contributed by atoms with Gasteiger partial charge in [-0.05, 0) is 36.5 Å². The zero-order valence-electron chi connectivity index (χ0n) is 14.7. The maximum absolute atomic E-state index is 13.1. The number of carbonyl (C=O) groups is 2. The third-order valence-electron chi connectivity index (χ3n) is 4.29. The number of nitrogens with one attached hydrogen (secondary N) is 1. The highest BCUT2D eigenvalue weighted by Gasteiger charge is 2.36. The summed E-state index contributed by atoms with van der Waals surface area (Å²) in [5, 5.41) is 13.9. The number of rotatable bonds is 3. The van der Waals surface area contributed by atoms with E-state index in [1.54, 1.807) is 6.07 Å². The molecule has 0 saturated carbocycles. The van der Waals surface area contributed by atoms with Crippen LogP contribution < -0.4 is 19.7 Å². The lowest BCUT2D eigenvalue weighted by atomic mass is 10.0. The van der Waals surface area contributed by atoms with E-state index in [2.05, 4.69) is 5.32 Å². The van der Waals surface area contributed by atoms with Crippen molar-refractivity contribution in [2.45, 2.75) is 0 Å². The van der Waals surface area contributed by atoms with Gasteiger partial charge < -0.3 is 9.47 Å². The number of ether oxygens (including phenoxy) is 2. The normalized spacial score (nSPS) is 16.8. The average Bonchev–Trinajstić information content (AvgIpc) is 3.15. The van der Waals surface area contributed by atoms with Crippen LogP contribution in [0.3, 0.4) is 0 Å². The van der Waals surface area contributed by atoms with E-state index in [4.69, 9.17) is 44.9 Å². The Kier molecular flexibility index (Phi) is 5.06. The summed E-state index contributed by atoms with van der Waals surface area (Å²) in [6.07, 6.45) is 1.09. The SMILES string of the molecule is O=C1NC(=S)N(c2cccc(Cl)c2Cl)C(=O)/C1=C\c1cc2c(cc1[N+](=O)[O-])OCO2. The second kappa shape index (κ2) is 7.56. The zero-order chi connectivity index (χ0) is 21.6. The minimum Gasteiger partial charge on any atom is -0.454 e. The number of thiocarbonyl (C=S) groups is 1. The van der Waals surface area contributed by atoms with E-state index in [0.29, 0.717) is 0 Å². The fraction of sp³-hybridized carbons (Fsp3) is 0.0556. The molecule has 0 atom stereocenters. The van der Waals surface area contributed by atoms with Crippen molar-refractivity contribution in [3.63, 3.8) is 0 Å². The van der Waals surface area contributed by atoms with E-state index in [9.17, 15) is 19.7 Å². The second-order valence-electron chi connectivity index (χ2n) is 6.05. The van der Waals surface area contributed by atoms with E-state index in [0.717, 1.165) is 17.0 Å². The molecule has 0 radical (unpaired) electrons. The summed E-state index contributed by atoms with van der Waals surface area (Å²) in [4.78, 5) is 37.4. The molecule has 0 spiro atoms. The molecule has 1 N–H and O–H groups in total. The third kappa shape index (κ3) is 3.34. The Hall–Kier alpha value is -3.21. The molecule has 1 fully saturated rings. The van der Waals surface area contributed by atoms with Gasteiger partial charge in [-0.25, -0.2) is 0 Å². The molecular weight excluding hydrogens is 457 g/mol. The molecule has 1 saturated heterocycles. The van der Waals surface area contributed by atoms with Gasteiger partial charge in [0.1, 0.15) is 5.57 Å². The Morgan fingerprint density at radius 2 is 1.90 bits per heavy atom. The summed E-state index contributed by atoms with van der Waals surface area (Å²) in [7, 11) is 0. The Morgan fingerprint density at radius 1 is 1.20 bits per heavy atom. The Morgan fingerprint density at radius 3 is 2.60 bits per heavy atom. The summed E-state index contributed by atoms with van der Waals surface area (Å²) in [5.74, 6) is -1.19. The molecule has 2 heterocycles. The summed E-state index contributed by atoms with van der Waals surface area (Å²) >= 11 is 17.3. The lowest BCUT2D eigenvalue weighted by Crippen LogP contribution is -2.54. The van der Waals surface area contributed by atoms with Gasteiger partial charge in [0.25, 0.3) is 17.5 Å². The Balaban J connectivity index is 1.83. The molecule has 0 bridgehead atoms. The molecule has 0 aromatic heterocycles. The van der Waals surface area contributed by atoms with E-state index < -0.39 is 16.7 Å². The van der Waals surface area contributed by atoms with Gasteiger partial charge >= 0.3 is 0 Å². The van der Waals surface area contributed by atoms with E-state index in [-0.39, 0.29) is 56.0 Å². The first-order valence-corrected chi connectivity index (χ1v) is 9.38. The van der Waals surface area contributed by atoms with Crippen LogP contribution in [0.25, 0.3) is 6.08 Å². The molecule has 2 aliphatic heterocycles. The minimum absolute atomic E-state index is 0.0206. The van der Waals surface area contributed by atoms with Gasteiger partial charge in [-0.1, -0.05) is 29.3 Å². The first-order valence-electron chi connectivity index (χ1n) is 8.21. The number of benzene rings is 2. The molecule has 2 aromatic rings. The van der Waals surface area contributed by atoms with Gasteiger partial charge in [0.15, 0.2) is 16.6 Å². The average molecular weight is 466 g/mol. The fourth-order valence-electron chi connectivity index (χ4n) is 2.92. The summed E-state index contributed by atoms with van der Waals surface area (Å²) in [6.45, 7) is -0.0960. The van der Waals surface area contributed by atoms with Crippen LogP contribution in [-0.4, -0.2) is 28.6 Å². The first-order chi connectivity index (χ1) is 14.3. The predicted octanol–water partition coefficient (Wildman–Crippen LogP) is 3.46. The topological polar surface area (TPSA) is 111 Å². The smallest absolute Gasteiger partial charge is 0.280 e. The number of anilines is 1. The van der Waals surface area contributed by atoms with Crippen molar-refractivity contribution in [2.24, 2.45) is 0 Å². The van der Waals surface area contributed by atoms with Crippen LogP contribution in [0.5, 0.6) is 11.5 Å². The minimum atomic E-state index is -0.820. The van der Waals surface area contributed by atoms with Crippen LogP contribution in [-0.2, 0) is 9.59 Å². The number of carbonyl (C=O) groups excluding carboxylic acids is 2. The molecule has 0 unspecified atom stereocenters. The predicted molar refractivity (Wildman–Crippen MR) is 112 cm³/mol.